The summed E-state index contributed by atoms with van der Waals surface area (Å²) < 4.78 is 0. The Bertz CT molecular complexity index is 565. The van der Waals surface area contributed by atoms with Gasteiger partial charge in [0, 0.05) is 22.0 Å². The van der Waals surface area contributed by atoms with Gasteiger partial charge < -0.3 is 0 Å². The molecule has 7 heteroatoms. The van der Waals surface area contributed by atoms with Gasteiger partial charge in [0.15, 0.2) is 0 Å². The van der Waals surface area contributed by atoms with E-state index < -0.39 is 0 Å². The van der Waals surface area contributed by atoms with E-state index >= 15 is 0 Å². The van der Waals surface area contributed by atoms with Crippen LogP contribution < -0.4 is 4.90 Å². The lowest BCUT2D eigenvalue weighted by Gasteiger charge is -2.28. The van der Waals surface area contributed by atoms with Crippen molar-refractivity contribution < 1.29 is 9.59 Å². The van der Waals surface area contributed by atoms with Crippen molar-refractivity contribution in [2.45, 2.75) is 16.1 Å². The molecule has 0 N–H and O–H groups in total. The summed E-state index contributed by atoms with van der Waals surface area (Å²) in [6, 6.07) is 1.67. The summed E-state index contributed by atoms with van der Waals surface area (Å²) in [7, 11) is 0. The van der Waals surface area contributed by atoms with Gasteiger partial charge in [0.2, 0.25) is 17.8 Å². The van der Waals surface area contributed by atoms with Crippen LogP contribution in [0.2, 0.25) is 0 Å². The van der Waals surface area contributed by atoms with Crippen LogP contribution in [0.15, 0.2) is 18.5 Å². The second-order valence-corrected chi connectivity index (χ2v) is 7.68. The van der Waals surface area contributed by atoms with Crippen LogP contribution in [0.3, 0.4) is 0 Å². The number of hydrogen-bond acceptors (Lipinski definition) is 4. The van der Waals surface area contributed by atoms with E-state index in [2.05, 4.69) is 41.8 Å². The third-order valence-electron chi connectivity index (χ3n) is 4.74. The fourth-order valence-corrected chi connectivity index (χ4v) is 5.83. The van der Waals surface area contributed by atoms with E-state index in [-0.39, 0.29) is 51.1 Å². The highest BCUT2D eigenvalue weighted by Crippen LogP contribution is 2.60. The molecular weight excluding hydrogens is 390 g/mol. The Kier molecular flexibility index (Phi) is 2.79. The number of fused-ring (bicyclic) bond motifs is 5. The van der Waals surface area contributed by atoms with Crippen molar-refractivity contribution in [1.29, 1.82) is 0 Å². The topological polar surface area (TPSA) is 63.2 Å². The first-order valence-corrected chi connectivity index (χ1v) is 8.37. The van der Waals surface area contributed by atoms with Crippen molar-refractivity contribution in [1.82, 2.24) is 9.97 Å². The third kappa shape index (κ3) is 1.48. The molecule has 0 aromatic carbocycles. The maximum atomic E-state index is 12.6. The molecule has 6 atom stereocenters. The average Bonchev–Trinajstić information content (AvgIpc) is 3.05. The minimum Gasteiger partial charge on any atom is -0.274 e. The summed E-state index contributed by atoms with van der Waals surface area (Å²) >= 11 is 7.32. The SMILES string of the molecule is O=C1[C@@H]2[C@H]3C[C@H]([C@H](Br)[C@@H]3Br)[C@@H]2C(=O)N1c1ncccn1. The van der Waals surface area contributed by atoms with Crippen LogP contribution in [-0.2, 0) is 9.59 Å². The molecule has 0 unspecified atom stereocenters. The summed E-state index contributed by atoms with van der Waals surface area (Å²) in [6.07, 6.45) is 4.03. The molecule has 20 heavy (non-hydrogen) atoms. The van der Waals surface area contributed by atoms with E-state index in [1.54, 1.807) is 18.5 Å². The number of amides is 2. The van der Waals surface area contributed by atoms with Crippen molar-refractivity contribution in [2.75, 3.05) is 4.90 Å². The summed E-state index contributed by atoms with van der Waals surface area (Å²) in [5, 5.41) is 0. The molecule has 1 aromatic rings. The molecule has 1 aliphatic heterocycles. The van der Waals surface area contributed by atoms with Crippen molar-refractivity contribution >= 4 is 49.6 Å². The highest BCUT2D eigenvalue weighted by atomic mass is 79.9. The van der Waals surface area contributed by atoms with E-state index in [9.17, 15) is 9.59 Å². The largest absolute Gasteiger partial charge is 0.274 e. The number of anilines is 1. The molecule has 2 saturated carbocycles. The lowest BCUT2D eigenvalue weighted by Crippen LogP contribution is -2.37. The Hall–Kier alpha value is -0.820. The van der Waals surface area contributed by atoms with E-state index in [4.69, 9.17) is 0 Å². The third-order valence-corrected chi connectivity index (χ3v) is 7.95. The minimum absolute atomic E-state index is 0.137. The highest BCUT2D eigenvalue weighted by Gasteiger charge is 2.66. The Labute approximate surface area is 132 Å². The van der Waals surface area contributed by atoms with Gasteiger partial charge in [-0.25, -0.2) is 14.9 Å². The van der Waals surface area contributed by atoms with Crippen LogP contribution in [0.4, 0.5) is 5.95 Å². The van der Waals surface area contributed by atoms with Gasteiger partial charge in [-0.15, -0.1) is 0 Å². The minimum atomic E-state index is -0.213. The number of carbonyl (C=O) groups excluding carboxylic acids is 2. The van der Waals surface area contributed by atoms with Gasteiger partial charge in [0.1, 0.15) is 0 Å². The smallest absolute Gasteiger partial charge is 0.240 e. The van der Waals surface area contributed by atoms with E-state index in [1.807, 2.05) is 0 Å². The predicted molar refractivity (Wildman–Crippen MR) is 78.5 cm³/mol. The van der Waals surface area contributed by atoms with Crippen LogP contribution in [-0.4, -0.2) is 31.4 Å². The maximum Gasteiger partial charge on any atom is 0.240 e. The number of nitrogens with zero attached hydrogens (tertiary/aromatic N) is 3. The molecule has 0 spiro atoms. The summed E-state index contributed by atoms with van der Waals surface area (Å²) in [5.74, 6) is -0.0540. The van der Waals surface area contributed by atoms with Crippen LogP contribution >= 0.6 is 31.9 Å². The molecular formula is C13H11Br2N3O2. The van der Waals surface area contributed by atoms with Crippen LogP contribution in [0.25, 0.3) is 0 Å². The van der Waals surface area contributed by atoms with Gasteiger partial charge in [0.25, 0.3) is 0 Å². The number of aromatic nitrogens is 2. The second-order valence-electron chi connectivity index (χ2n) is 5.56. The first-order valence-electron chi connectivity index (χ1n) is 6.54. The summed E-state index contributed by atoms with van der Waals surface area (Å²) in [4.78, 5) is 35.0. The molecule has 2 amide bonds. The average molecular weight is 401 g/mol. The van der Waals surface area contributed by atoms with E-state index in [0.29, 0.717) is 0 Å². The van der Waals surface area contributed by atoms with E-state index in [0.717, 1.165) is 6.42 Å². The zero-order valence-corrected chi connectivity index (χ0v) is 13.5. The zero-order chi connectivity index (χ0) is 14.0. The van der Waals surface area contributed by atoms with Crippen LogP contribution in [0, 0.1) is 23.7 Å². The van der Waals surface area contributed by atoms with Crippen molar-refractivity contribution in [3.63, 3.8) is 0 Å². The van der Waals surface area contributed by atoms with Crippen molar-refractivity contribution in [3.05, 3.63) is 18.5 Å². The number of imide groups is 1. The Morgan fingerprint density at radius 2 is 1.50 bits per heavy atom. The molecule has 4 rings (SSSR count). The first kappa shape index (κ1) is 12.9. The Morgan fingerprint density at radius 1 is 1.00 bits per heavy atom. The molecule has 1 saturated heterocycles. The van der Waals surface area contributed by atoms with Crippen LogP contribution in [0.5, 0.6) is 0 Å². The van der Waals surface area contributed by atoms with Gasteiger partial charge in [-0.05, 0) is 24.3 Å². The Morgan fingerprint density at radius 3 is 2.00 bits per heavy atom. The standard InChI is InChI=1S/C13H11Br2N3O2/c14-9-5-4-6(10(9)15)8-7(5)11(19)18(12(8)20)13-16-2-1-3-17-13/h1-3,5-10H,4H2/t5-,6+,7-,8+,9-,10+. The quantitative estimate of drug-likeness (QED) is 0.532. The van der Waals surface area contributed by atoms with Crippen LogP contribution in [0.1, 0.15) is 6.42 Å². The monoisotopic (exact) mass is 399 g/mol. The van der Waals surface area contributed by atoms with E-state index in [1.165, 1.54) is 4.90 Å². The lowest BCUT2D eigenvalue weighted by molar-refractivity contribution is -0.123. The van der Waals surface area contributed by atoms with Gasteiger partial charge in [-0.3, -0.25) is 9.59 Å². The Balaban J connectivity index is 1.75. The van der Waals surface area contributed by atoms with Gasteiger partial charge >= 0.3 is 0 Å². The van der Waals surface area contributed by atoms with Gasteiger partial charge in [-0.2, -0.15) is 0 Å². The molecule has 0 radical (unpaired) electrons. The maximum absolute atomic E-state index is 12.6. The number of rotatable bonds is 1. The summed E-state index contributed by atoms with van der Waals surface area (Å²) in [6.45, 7) is 0. The normalized spacial score (nSPS) is 42.4. The number of carbonyl (C=O) groups is 2. The molecule has 3 fully saturated rings. The first-order chi connectivity index (χ1) is 9.61. The second kappa shape index (κ2) is 4.34. The molecule has 104 valence electrons. The molecule has 3 aliphatic rings. The fourth-order valence-electron chi connectivity index (χ4n) is 3.95. The molecule has 2 aliphatic carbocycles. The predicted octanol–water partition coefficient (Wildman–Crippen LogP) is 1.76. The lowest BCUT2D eigenvalue weighted by atomic mass is 9.81. The van der Waals surface area contributed by atoms with Crippen molar-refractivity contribution in [3.8, 4) is 0 Å². The molecule has 1 aromatic heterocycles. The van der Waals surface area contributed by atoms with Gasteiger partial charge in [-0.1, -0.05) is 31.9 Å². The number of hydrogen-bond donors (Lipinski definition) is 0. The highest BCUT2D eigenvalue weighted by molar-refractivity contribution is 9.12. The molecule has 2 heterocycles. The van der Waals surface area contributed by atoms with Gasteiger partial charge in [0.05, 0.1) is 11.8 Å². The number of alkyl halides is 2. The zero-order valence-electron chi connectivity index (χ0n) is 10.3. The summed E-state index contributed by atoms with van der Waals surface area (Å²) in [5.41, 5.74) is 0. The van der Waals surface area contributed by atoms with Crippen molar-refractivity contribution in [2.24, 2.45) is 23.7 Å². The fraction of sp³-hybridized carbons (Fsp3) is 0.538. The number of halogens is 2. The molecule has 5 nitrogen and oxygen atoms in total. The molecule has 2 bridgehead atoms.